The average molecular weight is 467 g/mol. The molecule has 1 nitrogen and oxygen atoms in total. The fourth-order valence-electron chi connectivity index (χ4n) is 5.54. The van der Waals surface area contributed by atoms with Gasteiger partial charge in [-0.2, -0.15) is 0 Å². The van der Waals surface area contributed by atoms with Gasteiger partial charge in [0.2, 0.25) is 0 Å². The summed E-state index contributed by atoms with van der Waals surface area (Å²) in [6.07, 6.45) is 35.1. The standard InChI is InChI=1S/C32H68N/c1-5-9-11-13-15-17-19-21-23-25-27-29-31-33(7-3,8-4)32-30-28-26-24-22-20-18-16-14-12-10-6-2/h5-32H2,1-4H3/q+1. The van der Waals surface area contributed by atoms with Gasteiger partial charge < -0.3 is 4.48 Å². The third-order valence-electron chi connectivity index (χ3n) is 8.31. The number of quaternary nitrogens is 1. The molecule has 0 radical (unpaired) electrons. The van der Waals surface area contributed by atoms with E-state index in [1.54, 1.807) is 0 Å². The first kappa shape index (κ1) is 33.0. The van der Waals surface area contributed by atoms with Gasteiger partial charge in [0.15, 0.2) is 0 Å². The highest BCUT2D eigenvalue weighted by Crippen LogP contribution is 2.17. The lowest BCUT2D eigenvalue weighted by Crippen LogP contribution is -2.49. The fraction of sp³-hybridized carbons (Fsp3) is 1.00. The zero-order valence-corrected chi connectivity index (χ0v) is 24.2. The summed E-state index contributed by atoms with van der Waals surface area (Å²) >= 11 is 0. The fourth-order valence-corrected chi connectivity index (χ4v) is 5.54. The SMILES string of the molecule is CCCCCCCCCCCCCC[N+](CC)(CC)CCCCCCCCCCCCCC. The quantitative estimate of drug-likeness (QED) is 0.0794. The molecule has 0 aromatic heterocycles. The summed E-state index contributed by atoms with van der Waals surface area (Å²) in [7, 11) is 0. The lowest BCUT2D eigenvalue weighted by molar-refractivity contribution is -0.925. The Morgan fingerprint density at radius 1 is 0.273 bits per heavy atom. The zero-order valence-electron chi connectivity index (χ0n) is 24.2. The normalized spacial score (nSPS) is 12.0. The smallest absolute Gasteiger partial charge is 0.0786 e. The highest BCUT2D eigenvalue weighted by molar-refractivity contribution is 4.52. The van der Waals surface area contributed by atoms with Crippen molar-refractivity contribution >= 4 is 0 Å². The van der Waals surface area contributed by atoms with Crippen molar-refractivity contribution in [3.63, 3.8) is 0 Å². The molecular weight excluding hydrogens is 398 g/mol. The molecule has 0 fully saturated rings. The van der Waals surface area contributed by atoms with Gasteiger partial charge in [-0.05, 0) is 39.5 Å². The Bertz CT molecular complexity index is 316. The second-order valence-corrected chi connectivity index (χ2v) is 11.2. The first-order valence-corrected chi connectivity index (χ1v) is 16.1. The summed E-state index contributed by atoms with van der Waals surface area (Å²) in [5.74, 6) is 0. The number of unbranched alkanes of at least 4 members (excludes halogenated alkanes) is 22. The van der Waals surface area contributed by atoms with E-state index in [1.165, 1.54) is 185 Å². The Morgan fingerprint density at radius 2 is 0.485 bits per heavy atom. The molecule has 0 aliphatic heterocycles. The second-order valence-electron chi connectivity index (χ2n) is 11.2. The van der Waals surface area contributed by atoms with Gasteiger partial charge in [-0.25, -0.2) is 0 Å². The van der Waals surface area contributed by atoms with Gasteiger partial charge in [-0.3, -0.25) is 0 Å². The summed E-state index contributed by atoms with van der Waals surface area (Å²) in [6.45, 7) is 15.0. The maximum Gasteiger partial charge on any atom is 0.0786 e. The van der Waals surface area contributed by atoms with Crippen molar-refractivity contribution in [2.24, 2.45) is 0 Å². The van der Waals surface area contributed by atoms with Crippen molar-refractivity contribution in [3.8, 4) is 0 Å². The van der Waals surface area contributed by atoms with E-state index >= 15 is 0 Å². The topological polar surface area (TPSA) is 0 Å². The molecule has 0 unspecified atom stereocenters. The van der Waals surface area contributed by atoms with E-state index in [-0.39, 0.29) is 0 Å². The van der Waals surface area contributed by atoms with Gasteiger partial charge in [0.25, 0.3) is 0 Å². The number of nitrogens with zero attached hydrogens (tertiary/aromatic N) is 1. The van der Waals surface area contributed by atoms with Gasteiger partial charge >= 0.3 is 0 Å². The summed E-state index contributed by atoms with van der Waals surface area (Å²) in [6, 6.07) is 0. The molecule has 0 N–H and O–H groups in total. The molecule has 0 heterocycles. The Balaban J connectivity index is 3.58. The number of rotatable bonds is 28. The van der Waals surface area contributed by atoms with Crippen molar-refractivity contribution in [1.82, 2.24) is 0 Å². The summed E-state index contributed by atoms with van der Waals surface area (Å²) in [5, 5.41) is 0. The lowest BCUT2D eigenvalue weighted by atomic mass is 10.0. The molecule has 0 bridgehead atoms. The van der Waals surface area contributed by atoms with Gasteiger partial charge in [0.1, 0.15) is 0 Å². The monoisotopic (exact) mass is 467 g/mol. The van der Waals surface area contributed by atoms with Crippen molar-refractivity contribution < 1.29 is 4.48 Å². The van der Waals surface area contributed by atoms with Crippen molar-refractivity contribution in [3.05, 3.63) is 0 Å². The molecule has 0 aromatic carbocycles. The van der Waals surface area contributed by atoms with E-state index < -0.39 is 0 Å². The van der Waals surface area contributed by atoms with E-state index in [9.17, 15) is 0 Å². The molecule has 0 aromatic rings. The van der Waals surface area contributed by atoms with Crippen LogP contribution in [0.4, 0.5) is 0 Å². The Hall–Kier alpha value is -0.0400. The summed E-state index contributed by atoms with van der Waals surface area (Å²) < 4.78 is 1.38. The molecule has 0 rings (SSSR count). The van der Waals surface area contributed by atoms with Crippen LogP contribution in [0, 0.1) is 0 Å². The van der Waals surface area contributed by atoms with Crippen molar-refractivity contribution in [2.75, 3.05) is 26.2 Å². The second kappa shape index (κ2) is 26.6. The molecule has 200 valence electrons. The van der Waals surface area contributed by atoms with Gasteiger partial charge in [0, 0.05) is 0 Å². The van der Waals surface area contributed by atoms with E-state index in [1.807, 2.05) is 0 Å². The first-order valence-electron chi connectivity index (χ1n) is 16.1. The highest BCUT2D eigenvalue weighted by atomic mass is 15.3. The Kier molecular flexibility index (Phi) is 26.5. The van der Waals surface area contributed by atoms with Crippen LogP contribution in [-0.2, 0) is 0 Å². The third kappa shape index (κ3) is 22.2. The maximum absolute atomic E-state index is 2.44. The predicted octanol–water partition coefficient (Wildman–Crippen LogP) is 11.2. The Labute approximate surface area is 212 Å². The lowest BCUT2D eigenvalue weighted by Gasteiger charge is -2.37. The van der Waals surface area contributed by atoms with Gasteiger partial charge in [0.05, 0.1) is 26.2 Å². The number of hydrogen-bond donors (Lipinski definition) is 0. The molecule has 0 aliphatic carbocycles. The minimum atomic E-state index is 1.34. The van der Waals surface area contributed by atoms with E-state index in [2.05, 4.69) is 27.7 Å². The van der Waals surface area contributed by atoms with Crippen molar-refractivity contribution in [1.29, 1.82) is 0 Å². The van der Waals surface area contributed by atoms with Gasteiger partial charge in [-0.15, -0.1) is 0 Å². The molecule has 0 amide bonds. The zero-order chi connectivity index (χ0) is 24.3. The maximum atomic E-state index is 2.44. The molecule has 33 heavy (non-hydrogen) atoms. The summed E-state index contributed by atoms with van der Waals surface area (Å²) in [4.78, 5) is 0. The molecule has 0 saturated carbocycles. The first-order chi connectivity index (χ1) is 16.2. The molecule has 0 saturated heterocycles. The van der Waals surface area contributed by atoms with Crippen LogP contribution in [0.1, 0.15) is 182 Å². The molecular formula is C32H68N+. The molecule has 0 spiro atoms. The summed E-state index contributed by atoms with van der Waals surface area (Å²) in [5.41, 5.74) is 0. The van der Waals surface area contributed by atoms with E-state index in [4.69, 9.17) is 0 Å². The predicted molar refractivity (Wildman–Crippen MR) is 153 cm³/mol. The highest BCUT2D eigenvalue weighted by Gasteiger charge is 2.21. The third-order valence-corrected chi connectivity index (χ3v) is 8.31. The number of hydrogen-bond acceptors (Lipinski definition) is 0. The van der Waals surface area contributed by atoms with Crippen LogP contribution in [-0.4, -0.2) is 30.7 Å². The van der Waals surface area contributed by atoms with Crippen LogP contribution >= 0.6 is 0 Å². The van der Waals surface area contributed by atoms with Crippen LogP contribution in [0.3, 0.4) is 0 Å². The Morgan fingerprint density at radius 3 is 0.697 bits per heavy atom. The largest absolute Gasteiger partial charge is 0.324 e. The van der Waals surface area contributed by atoms with Crippen LogP contribution < -0.4 is 0 Å². The van der Waals surface area contributed by atoms with Crippen molar-refractivity contribution in [2.45, 2.75) is 182 Å². The minimum absolute atomic E-state index is 1.34. The van der Waals surface area contributed by atoms with E-state index in [0.717, 1.165) is 0 Å². The minimum Gasteiger partial charge on any atom is -0.324 e. The van der Waals surface area contributed by atoms with Gasteiger partial charge in [-0.1, -0.05) is 142 Å². The average Bonchev–Trinajstić information content (AvgIpc) is 2.84. The van der Waals surface area contributed by atoms with E-state index in [0.29, 0.717) is 0 Å². The van der Waals surface area contributed by atoms with Crippen LogP contribution in [0.5, 0.6) is 0 Å². The van der Waals surface area contributed by atoms with Crippen LogP contribution in [0.15, 0.2) is 0 Å². The molecule has 1 heteroatoms. The molecule has 0 aliphatic rings. The van der Waals surface area contributed by atoms with Crippen LogP contribution in [0.25, 0.3) is 0 Å². The molecule has 0 atom stereocenters. The van der Waals surface area contributed by atoms with Crippen LogP contribution in [0.2, 0.25) is 0 Å².